The number of hydrogen-bond donors (Lipinski definition) is 1. The van der Waals surface area contributed by atoms with E-state index in [0.29, 0.717) is 12.5 Å². The molecule has 0 saturated heterocycles. The van der Waals surface area contributed by atoms with Gasteiger partial charge in [0.1, 0.15) is 0 Å². The van der Waals surface area contributed by atoms with E-state index in [-0.39, 0.29) is 0 Å². The van der Waals surface area contributed by atoms with Gasteiger partial charge in [-0.1, -0.05) is 25.1 Å². The van der Waals surface area contributed by atoms with Crippen LogP contribution in [0, 0.1) is 5.92 Å². The van der Waals surface area contributed by atoms with Crippen LogP contribution in [0.4, 0.5) is 0 Å². The Balaban J connectivity index is 2.46. The van der Waals surface area contributed by atoms with Crippen LogP contribution in [0.2, 0.25) is 0 Å². The van der Waals surface area contributed by atoms with Gasteiger partial charge < -0.3 is 10.3 Å². The van der Waals surface area contributed by atoms with E-state index < -0.39 is 0 Å². The molecule has 3 nitrogen and oxygen atoms in total. The molecule has 1 heterocycles. The second kappa shape index (κ2) is 4.03. The van der Waals surface area contributed by atoms with Crippen molar-refractivity contribution in [3.8, 4) is 0 Å². The fourth-order valence-electron chi connectivity index (χ4n) is 1.70. The van der Waals surface area contributed by atoms with Crippen molar-refractivity contribution in [3.05, 3.63) is 29.5 Å². The molecule has 0 aliphatic carbocycles. The molecular weight excluding hydrogens is 188 g/mol. The van der Waals surface area contributed by atoms with Crippen LogP contribution in [0.5, 0.6) is 0 Å². The number of rotatable bonds is 3. The van der Waals surface area contributed by atoms with Crippen molar-refractivity contribution < 1.29 is 4.52 Å². The van der Waals surface area contributed by atoms with Gasteiger partial charge in [-0.15, -0.1) is 0 Å². The lowest BCUT2D eigenvalue weighted by atomic mass is 10.0. The number of fused-ring (bicyclic) bond motifs is 1. The zero-order chi connectivity index (χ0) is 10.8. The number of hydrogen-bond acceptors (Lipinski definition) is 3. The molecular formula is C12H16N2O. The van der Waals surface area contributed by atoms with E-state index in [0.717, 1.165) is 28.6 Å². The summed E-state index contributed by atoms with van der Waals surface area (Å²) >= 11 is 0. The summed E-state index contributed by atoms with van der Waals surface area (Å²) in [6, 6.07) is 5.99. The van der Waals surface area contributed by atoms with Gasteiger partial charge in [0.2, 0.25) is 0 Å². The molecule has 0 fully saturated rings. The summed E-state index contributed by atoms with van der Waals surface area (Å²) in [5.41, 5.74) is 8.62. The molecule has 15 heavy (non-hydrogen) atoms. The minimum Gasteiger partial charge on any atom is -0.356 e. The number of benzene rings is 1. The second-order valence-corrected chi connectivity index (χ2v) is 4.26. The highest BCUT2D eigenvalue weighted by Crippen LogP contribution is 2.22. The van der Waals surface area contributed by atoms with Crippen LogP contribution in [0.1, 0.15) is 25.1 Å². The van der Waals surface area contributed by atoms with Gasteiger partial charge in [-0.25, -0.2) is 0 Å². The van der Waals surface area contributed by atoms with Crippen LogP contribution in [0.25, 0.3) is 11.0 Å². The molecule has 3 heteroatoms. The van der Waals surface area contributed by atoms with E-state index in [1.54, 1.807) is 0 Å². The Labute approximate surface area is 89.2 Å². The van der Waals surface area contributed by atoms with Crippen LogP contribution < -0.4 is 5.73 Å². The molecule has 80 valence electrons. The normalized spacial score (nSPS) is 11.5. The average Bonchev–Trinajstić information content (AvgIpc) is 2.60. The molecule has 0 aliphatic rings. The molecule has 1 aromatic carbocycles. The van der Waals surface area contributed by atoms with E-state index in [4.69, 9.17) is 10.3 Å². The third-order valence-electron chi connectivity index (χ3n) is 2.45. The first-order valence-corrected chi connectivity index (χ1v) is 5.28. The van der Waals surface area contributed by atoms with Crippen molar-refractivity contribution in [2.75, 3.05) is 0 Å². The molecule has 0 aliphatic heterocycles. The van der Waals surface area contributed by atoms with Crippen molar-refractivity contribution in [1.82, 2.24) is 5.16 Å². The quantitative estimate of drug-likeness (QED) is 0.835. The summed E-state index contributed by atoms with van der Waals surface area (Å²) in [4.78, 5) is 0. The maximum atomic E-state index is 5.61. The standard InChI is InChI=1S/C12H16N2O/c1-8(2)5-11-10-6-9(7-13)3-4-12(10)15-14-11/h3-4,6,8H,5,7,13H2,1-2H3. The molecule has 2 rings (SSSR count). The fourth-order valence-corrected chi connectivity index (χ4v) is 1.70. The first-order valence-electron chi connectivity index (χ1n) is 5.28. The van der Waals surface area contributed by atoms with Crippen molar-refractivity contribution in [2.24, 2.45) is 11.7 Å². The molecule has 0 saturated carbocycles. The van der Waals surface area contributed by atoms with Crippen LogP contribution >= 0.6 is 0 Å². The van der Waals surface area contributed by atoms with Gasteiger partial charge in [-0.05, 0) is 30.0 Å². The first kappa shape index (κ1) is 10.2. The van der Waals surface area contributed by atoms with Crippen LogP contribution in [0.3, 0.4) is 0 Å². The predicted octanol–water partition coefficient (Wildman–Crippen LogP) is 2.49. The van der Waals surface area contributed by atoms with Gasteiger partial charge in [0, 0.05) is 11.9 Å². The van der Waals surface area contributed by atoms with E-state index in [2.05, 4.69) is 25.1 Å². The van der Waals surface area contributed by atoms with E-state index in [9.17, 15) is 0 Å². The third-order valence-corrected chi connectivity index (χ3v) is 2.45. The maximum absolute atomic E-state index is 5.61. The topological polar surface area (TPSA) is 52.0 Å². The number of aromatic nitrogens is 1. The SMILES string of the molecule is CC(C)Cc1noc2ccc(CN)cc12. The Morgan fingerprint density at radius 1 is 1.40 bits per heavy atom. The average molecular weight is 204 g/mol. The Morgan fingerprint density at radius 3 is 2.87 bits per heavy atom. The molecule has 2 N–H and O–H groups in total. The summed E-state index contributed by atoms with van der Waals surface area (Å²) in [5, 5.41) is 5.20. The van der Waals surface area contributed by atoms with Gasteiger partial charge in [-0.2, -0.15) is 0 Å². The molecule has 0 amide bonds. The predicted molar refractivity (Wildman–Crippen MR) is 60.4 cm³/mol. The molecule has 0 bridgehead atoms. The molecule has 0 radical (unpaired) electrons. The summed E-state index contributed by atoms with van der Waals surface area (Å²) < 4.78 is 5.26. The Kier molecular flexibility index (Phi) is 2.73. The maximum Gasteiger partial charge on any atom is 0.167 e. The lowest BCUT2D eigenvalue weighted by Crippen LogP contribution is -1.97. The van der Waals surface area contributed by atoms with Crippen LogP contribution in [0.15, 0.2) is 22.7 Å². The minimum absolute atomic E-state index is 0.558. The lowest BCUT2D eigenvalue weighted by Gasteiger charge is -2.00. The summed E-state index contributed by atoms with van der Waals surface area (Å²) in [6.07, 6.45) is 0.945. The Hall–Kier alpha value is -1.35. The molecule has 1 aromatic heterocycles. The highest BCUT2D eigenvalue weighted by atomic mass is 16.5. The lowest BCUT2D eigenvalue weighted by molar-refractivity contribution is 0.439. The summed E-state index contributed by atoms with van der Waals surface area (Å²) in [6.45, 7) is 4.91. The summed E-state index contributed by atoms with van der Waals surface area (Å²) in [5.74, 6) is 0.583. The monoisotopic (exact) mass is 204 g/mol. The fraction of sp³-hybridized carbons (Fsp3) is 0.417. The molecule has 2 aromatic rings. The Morgan fingerprint density at radius 2 is 2.20 bits per heavy atom. The van der Waals surface area contributed by atoms with Crippen LogP contribution in [-0.2, 0) is 13.0 Å². The van der Waals surface area contributed by atoms with Gasteiger partial charge in [0.15, 0.2) is 5.58 Å². The Bertz CT molecular complexity index is 460. The van der Waals surface area contributed by atoms with Crippen molar-refractivity contribution in [3.63, 3.8) is 0 Å². The van der Waals surface area contributed by atoms with Gasteiger partial charge in [0.05, 0.1) is 5.69 Å². The smallest absolute Gasteiger partial charge is 0.167 e. The minimum atomic E-state index is 0.558. The zero-order valence-electron chi connectivity index (χ0n) is 9.16. The highest BCUT2D eigenvalue weighted by Gasteiger charge is 2.09. The summed E-state index contributed by atoms with van der Waals surface area (Å²) in [7, 11) is 0. The van der Waals surface area contributed by atoms with Crippen molar-refractivity contribution in [2.45, 2.75) is 26.8 Å². The van der Waals surface area contributed by atoms with E-state index >= 15 is 0 Å². The van der Waals surface area contributed by atoms with E-state index in [1.807, 2.05) is 12.1 Å². The number of nitrogens with two attached hydrogens (primary N) is 1. The van der Waals surface area contributed by atoms with Crippen LogP contribution in [-0.4, -0.2) is 5.16 Å². The third kappa shape index (κ3) is 2.02. The highest BCUT2D eigenvalue weighted by molar-refractivity contribution is 5.80. The van der Waals surface area contributed by atoms with Gasteiger partial charge >= 0.3 is 0 Å². The molecule has 0 unspecified atom stereocenters. The molecule has 0 spiro atoms. The largest absolute Gasteiger partial charge is 0.356 e. The number of nitrogens with zero attached hydrogens (tertiary/aromatic N) is 1. The van der Waals surface area contributed by atoms with E-state index in [1.165, 1.54) is 0 Å². The second-order valence-electron chi connectivity index (χ2n) is 4.26. The van der Waals surface area contributed by atoms with Gasteiger partial charge in [-0.3, -0.25) is 0 Å². The van der Waals surface area contributed by atoms with Crippen molar-refractivity contribution in [1.29, 1.82) is 0 Å². The van der Waals surface area contributed by atoms with Gasteiger partial charge in [0.25, 0.3) is 0 Å². The molecule has 0 atom stereocenters. The first-order chi connectivity index (χ1) is 7.20. The zero-order valence-corrected chi connectivity index (χ0v) is 9.16. The van der Waals surface area contributed by atoms with Crippen molar-refractivity contribution >= 4 is 11.0 Å².